The third-order valence-corrected chi connectivity index (χ3v) is 7.23. The Balaban J connectivity index is 1.54. The number of urea groups is 1. The van der Waals surface area contributed by atoms with E-state index in [1.54, 1.807) is 61.2 Å². The van der Waals surface area contributed by atoms with Gasteiger partial charge in [0.05, 0.1) is 24.2 Å². The van der Waals surface area contributed by atoms with E-state index in [1.807, 2.05) is 13.8 Å². The second-order valence-electron chi connectivity index (χ2n) is 11.8. The van der Waals surface area contributed by atoms with E-state index in [2.05, 4.69) is 5.32 Å². The van der Waals surface area contributed by atoms with E-state index in [-0.39, 0.29) is 25.8 Å². The van der Waals surface area contributed by atoms with Crippen molar-refractivity contribution < 1.29 is 38.4 Å². The normalized spacial score (nSPS) is 16.7. The van der Waals surface area contributed by atoms with Gasteiger partial charge < -0.3 is 34.6 Å². The van der Waals surface area contributed by atoms with Crippen LogP contribution in [0.15, 0.2) is 66.7 Å². The third kappa shape index (κ3) is 8.46. The number of halogens is 1. The van der Waals surface area contributed by atoms with Crippen molar-refractivity contribution >= 4 is 17.7 Å². The molecule has 1 fully saturated rings. The van der Waals surface area contributed by atoms with Crippen LogP contribution >= 0.6 is 0 Å². The summed E-state index contributed by atoms with van der Waals surface area (Å²) >= 11 is 0. The Kier molecular flexibility index (Phi) is 9.93. The van der Waals surface area contributed by atoms with E-state index in [0.29, 0.717) is 59.6 Å². The van der Waals surface area contributed by atoms with Gasteiger partial charge in [-0.05, 0) is 74.6 Å². The molecule has 3 aromatic carbocycles. The molecule has 1 heterocycles. The molecule has 0 spiro atoms. The summed E-state index contributed by atoms with van der Waals surface area (Å²) < 4.78 is 30.6. The third-order valence-electron chi connectivity index (χ3n) is 7.23. The minimum absolute atomic E-state index is 0.0742. The monoisotopic (exact) mass is 594 g/mol. The standard InChI is InChI=1S/C33H39FN2O7/c1-22(2)20-33(40)13-14-36(21-33)31(39)35-25-17-28(19-29(18-25)43-27-11-7-24(34)8-12-27)42-26-9-5-23(6-10-26)32(3,4)30(38)41-16-15-37/h5-12,17-19,22,37,40H,13-16,20-21H2,1-4H3,(H,35,39). The molecule has 9 nitrogen and oxygen atoms in total. The van der Waals surface area contributed by atoms with E-state index in [0.717, 1.165) is 0 Å². The summed E-state index contributed by atoms with van der Waals surface area (Å²) in [4.78, 5) is 27.2. The highest BCUT2D eigenvalue weighted by atomic mass is 19.1. The molecule has 0 saturated carbocycles. The highest BCUT2D eigenvalue weighted by Gasteiger charge is 2.38. The molecule has 0 bridgehead atoms. The first-order chi connectivity index (χ1) is 20.4. The van der Waals surface area contributed by atoms with Crippen LogP contribution in [0.5, 0.6) is 23.0 Å². The number of carbonyl (C=O) groups excluding carboxylic acids is 2. The Hall–Kier alpha value is -4.15. The van der Waals surface area contributed by atoms with Crippen molar-refractivity contribution in [2.24, 2.45) is 5.92 Å². The molecule has 1 unspecified atom stereocenters. The lowest BCUT2D eigenvalue weighted by Crippen LogP contribution is -2.38. The number of ether oxygens (including phenoxy) is 3. The van der Waals surface area contributed by atoms with Gasteiger partial charge in [0.1, 0.15) is 35.4 Å². The Bertz CT molecular complexity index is 1410. The topological polar surface area (TPSA) is 118 Å². The summed E-state index contributed by atoms with van der Waals surface area (Å²) in [5.41, 5.74) is -0.746. The first-order valence-electron chi connectivity index (χ1n) is 14.3. The number of β-amino-alcohol motifs (C(OH)–C–C–N with tert-alkyl or cyclic N) is 1. The molecule has 1 atom stereocenters. The molecule has 1 aliphatic rings. The lowest BCUT2D eigenvalue weighted by molar-refractivity contribution is -0.150. The van der Waals surface area contributed by atoms with Gasteiger partial charge in [-0.15, -0.1) is 0 Å². The fourth-order valence-electron chi connectivity index (χ4n) is 5.07. The van der Waals surface area contributed by atoms with Crippen LogP contribution < -0.4 is 14.8 Å². The number of hydrogen-bond donors (Lipinski definition) is 3. The lowest BCUT2D eigenvalue weighted by atomic mass is 9.85. The molecule has 0 radical (unpaired) electrons. The Morgan fingerprint density at radius 3 is 2.12 bits per heavy atom. The number of nitrogens with one attached hydrogen (secondary N) is 1. The van der Waals surface area contributed by atoms with E-state index in [4.69, 9.17) is 19.3 Å². The maximum Gasteiger partial charge on any atom is 0.321 e. The SMILES string of the molecule is CC(C)CC1(O)CCN(C(=O)Nc2cc(Oc3ccc(F)cc3)cc(Oc3ccc(C(C)(C)C(=O)OCCO)cc3)c2)C1. The van der Waals surface area contributed by atoms with Crippen LogP contribution in [-0.4, -0.2) is 59.0 Å². The number of aliphatic hydroxyl groups excluding tert-OH is 1. The number of nitrogens with zero attached hydrogens (tertiary/aromatic N) is 1. The minimum atomic E-state index is -0.940. The van der Waals surface area contributed by atoms with Gasteiger partial charge in [0.2, 0.25) is 0 Å². The van der Waals surface area contributed by atoms with E-state index in [9.17, 15) is 19.1 Å². The quantitative estimate of drug-likeness (QED) is 0.225. The maximum absolute atomic E-state index is 13.4. The average molecular weight is 595 g/mol. The summed E-state index contributed by atoms with van der Waals surface area (Å²) in [6, 6.07) is 17.0. The fourth-order valence-corrected chi connectivity index (χ4v) is 5.07. The van der Waals surface area contributed by atoms with Crippen molar-refractivity contribution in [3.63, 3.8) is 0 Å². The van der Waals surface area contributed by atoms with Crippen LogP contribution in [0.4, 0.5) is 14.9 Å². The number of rotatable bonds is 11. The van der Waals surface area contributed by atoms with Crippen molar-refractivity contribution in [2.45, 2.75) is 51.6 Å². The van der Waals surface area contributed by atoms with Gasteiger partial charge in [-0.1, -0.05) is 26.0 Å². The molecular weight excluding hydrogens is 555 g/mol. The van der Waals surface area contributed by atoms with Crippen molar-refractivity contribution in [1.29, 1.82) is 0 Å². The van der Waals surface area contributed by atoms with Crippen LogP contribution in [0.25, 0.3) is 0 Å². The van der Waals surface area contributed by atoms with Crippen molar-refractivity contribution in [1.82, 2.24) is 4.90 Å². The summed E-state index contributed by atoms with van der Waals surface area (Å²) in [5, 5.41) is 22.7. The molecule has 10 heteroatoms. The predicted molar refractivity (Wildman–Crippen MR) is 160 cm³/mol. The zero-order valence-electron chi connectivity index (χ0n) is 24.9. The highest BCUT2D eigenvalue weighted by Crippen LogP contribution is 2.35. The number of benzene rings is 3. The van der Waals surface area contributed by atoms with Gasteiger partial charge in [-0.3, -0.25) is 4.79 Å². The molecule has 1 aliphatic heterocycles. The van der Waals surface area contributed by atoms with Gasteiger partial charge in [0, 0.05) is 30.4 Å². The largest absolute Gasteiger partial charge is 0.463 e. The van der Waals surface area contributed by atoms with Crippen molar-refractivity contribution in [3.8, 4) is 23.0 Å². The molecule has 43 heavy (non-hydrogen) atoms. The van der Waals surface area contributed by atoms with E-state index < -0.39 is 22.8 Å². The Morgan fingerprint density at radius 1 is 0.977 bits per heavy atom. The van der Waals surface area contributed by atoms with Gasteiger partial charge in [0.25, 0.3) is 0 Å². The van der Waals surface area contributed by atoms with Crippen LogP contribution in [-0.2, 0) is 14.9 Å². The molecular formula is C33H39FN2O7. The number of aliphatic hydroxyl groups is 2. The summed E-state index contributed by atoms with van der Waals surface area (Å²) in [6.07, 6.45) is 1.11. The smallest absolute Gasteiger partial charge is 0.321 e. The second-order valence-corrected chi connectivity index (χ2v) is 11.8. The number of esters is 1. The first-order valence-corrected chi connectivity index (χ1v) is 14.3. The molecule has 4 rings (SSSR count). The molecule has 2 amide bonds. The molecule has 3 N–H and O–H groups in total. The second kappa shape index (κ2) is 13.4. The predicted octanol–water partition coefficient (Wildman–Crippen LogP) is 6.24. The van der Waals surface area contributed by atoms with Crippen molar-refractivity contribution in [3.05, 3.63) is 78.1 Å². The van der Waals surface area contributed by atoms with Crippen molar-refractivity contribution in [2.75, 3.05) is 31.6 Å². The molecule has 0 aromatic heterocycles. The summed E-state index contributed by atoms with van der Waals surface area (Å²) in [6.45, 7) is 7.89. The van der Waals surface area contributed by atoms with E-state index in [1.165, 1.54) is 24.3 Å². The fraction of sp³-hybridized carbons (Fsp3) is 0.394. The van der Waals surface area contributed by atoms with Gasteiger partial charge in [0.15, 0.2) is 0 Å². The van der Waals surface area contributed by atoms with E-state index >= 15 is 0 Å². The van der Waals surface area contributed by atoms with Crippen LogP contribution in [0.2, 0.25) is 0 Å². The molecule has 0 aliphatic carbocycles. The minimum Gasteiger partial charge on any atom is -0.463 e. The zero-order valence-corrected chi connectivity index (χ0v) is 24.9. The molecule has 1 saturated heterocycles. The van der Waals surface area contributed by atoms with Crippen LogP contribution in [0, 0.1) is 11.7 Å². The number of likely N-dealkylation sites (tertiary alicyclic amines) is 1. The lowest BCUT2D eigenvalue weighted by Gasteiger charge is -2.25. The summed E-state index contributed by atoms with van der Waals surface area (Å²) in [7, 11) is 0. The molecule has 3 aromatic rings. The highest BCUT2D eigenvalue weighted by molar-refractivity contribution is 5.90. The maximum atomic E-state index is 13.4. The van der Waals surface area contributed by atoms with Gasteiger partial charge in [-0.25, -0.2) is 9.18 Å². The Morgan fingerprint density at radius 2 is 1.56 bits per heavy atom. The molecule has 230 valence electrons. The number of amides is 2. The van der Waals surface area contributed by atoms with Gasteiger partial charge in [-0.2, -0.15) is 0 Å². The number of hydrogen-bond acceptors (Lipinski definition) is 7. The van der Waals surface area contributed by atoms with Crippen LogP contribution in [0.3, 0.4) is 0 Å². The summed E-state index contributed by atoms with van der Waals surface area (Å²) in [5.74, 6) is 1.03. The van der Waals surface area contributed by atoms with Gasteiger partial charge >= 0.3 is 12.0 Å². The number of carbonyl (C=O) groups is 2. The Labute approximate surface area is 251 Å². The first kappa shape index (κ1) is 31.8. The number of anilines is 1. The van der Waals surface area contributed by atoms with Crippen LogP contribution in [0.1, 0.15) is 46.1 Å². The average Bonchev–Trinajstić information content (AvgIpc) is 3.34. The zero-order chi connectivity index (χ0) is 31.2.